The summed E-state index contributed by atoms with van der Waals surface area (Å²) in [6.45, 7) is 3.75. The van der Waals surface area contributed by atoms with Gasteiger partial charge in [0.05, 0.1) is 0 Å². The second-order valence-corrected chi connectivity index (χ2v) is 4.44. The predicted molar refractivity (Wildman–Crippen MR) is 52.7 cm³/mol. The SMILES string of the molecule is CN1CCC(CO)C12CCNCC2. The average molecular weight is 184 g/mol. The molecule has 2 fully saturated rings. The Labute approximate surface area is 80.1 Å². The monoisotopic (exact) mass is 184 g/mol. The van der Waals surface area contributed by atoms with Gasteiger partial charge in [-0.2, -0.15) is 0 Å². The Balaban J connectivity index is 2.14. The lowest BCUT2D eigenvalue weighted by Crippen LogP contribution is -2.53. The highest BCUT2D eigenvalue weighted by molar-refractivity contribution is 5.02. The van der Waals surface area contributed by atoms with Crippen molar-refractivity contribution in [3.8, 4) is 0 Å². The van der Waals surface area contributed by atoms with Crippen LogP contribution in [0.25, 0.3) is 0 Å². The van der Waals surface area contributed by atoms with Crippen LogP contribution < -0.4 is 5.32 Å². The van der Waals surface area contributed by atoms with Gasteiger partial charge >= 0.3 is 0 Å². The third-order valence-electron chi connectivity index (χ3n) is 4.02. The quantitative estimate of drug-likeness (QED) is 0.604. The Hall–Kier alpha value is -0.120. The van der Waals surface area contributed by atoms with Crippen molar-refractivity contribution in [1.82, 2.24) is 10.2 Å². The lowest BCUT2D eigenvalue weighted by atomic mass is 9.78. The summed E-state index contributed by atoms with van der Waals surface area (Å²) >= 11 is 0. The van der Waals surface area contributed by atoms with Gasteiger partial charge in [0, 0.05) is 18.1 Å². The van der Waals surface area contributed by atoms with Gasteiger partial charge in [-0.1, -0.05) is 0 Å². The van der Waals surface area contributed by atoms with Crippen molar-refractivity contribution in [3.05, 3.63) is 0 Å². The summed E-state index contributed by atoms with van der Waals surface area (Å²) < 4.78 is 0. The standard InChI is InChI=1S/C10H20N2O/c1-12-7-2-9(8-13)10(12)3-5-11-6-4-10/h9,11,13H,2-8H2,1H3. The molecule has 0 aromatic rings. The first-order valence-corrected chi connectivity index (χ1v) is 5.32. The number of aliphatic hydroxyl groups excluding tert-OH is 1. The molecule has 0 saturated carbocycles. The molecule has 0 bridgehead atoms. The molecule has 1 spiro atoms. The molecule has 0 aromatic carbocycles. The van der Waals surface area contributed by atoms with E-state index in [2.05, 4.69) is 17.3 Å². The zero-order valence-electron chi connectivity index (χ0n) is 8.42. The molecule has 2 heterocycles. The summed E-state index contributed by atoms with van der Waals surface area (Å²) in [4.78, 5) is 2.47. The molecule has 1 unspecified atom stereocenters. The minimum absolute atomic E-state index is 0.319. The van der Waals surface area contributed by atoms with Gasteiger partial charge in [-0.3, -0.25) is 0 Å². The van der Waals surface area contributed by atoms with E-state index < -0.39 is 0 Å². The summed E-state index contributed by atoms with van der Waals surface area (Å²) in [6, 6.07) is 0. The highest BCUT2D eigenvalue weighted by atomic mass is 16.3. The van der Waals surface area contributed by atoms with E-state index in [9.17, 15) is 5.11 Å². The number of hydrogen-bond donors (Lipinski definition) is 2. The van der Waals surface area contributed by atoms with Crippen molar-refractivity contribution in [2.24, 2.45) is 5.92 Å². The maximum atomic E-state index is 9.35. The molecule has 76 valence electrons. The fraction of sp³-hybridized carbons (Fsp3) is 1.00. The van der Waals surface area contributed by atoms with Crippen LogP contribution in [-0.4, -0.2) is 48.8 Å². The summed E-state index contributed by atoms with van der Waals surface area (Å²) in [5, 5.41) is 12.7. The second-order valence-electron chi connectivity index (χ2n) is 4.44. The van der Waals surface area contributed by atoms with Crippen molar-refractivity contribution >= 4 is 0 Å². The molecule has 3 nitrogen and oxygen atoms in total. The van der Waals surface area contributed by atoms with E-state index in [1.165, 1.54) is 19.3 Å². The first-order valence-electron chi connectivity index (χ1n) is 5.32. The summed E-state index contributed by atoms with van der Waals surface area (Å²) in [5.74, 6) is 0.514. The zero-order chi connectivity index (χ0) is 9.31. The molecule has 13 heavy (non-hydrogen) atoms. The van der Waals surface area contributed by atoms with E-state index in [0.717, 1.165) is 19.6 Å². The lowest BCUT2D eigenvalue weighted by Gasteiger charge is -2.43. The molecular formula is C10H20N2O. The van der Waals surface area contributed by atoms with Crippen molar-refractivity contribution < 1.29 is 5.11 Å². The van der Waals surface area contributed by atoms with E-state index in [0.29, 0.717) is 18.1 Å². The molecule has 2 saturated heterocycles. The van der Waals surface area contributed by atoms with Crippen molar-refractivity contribution in [2.75, 3.05) is 33.3 Å². The molecule has 0 radical (unpaired) electrons. The molecule has 0 aliphatic carbocycles. The van der Waals surface area contributed by atoms with Crippen LogP contribution >= 0.6 is 0 Å². The van der Waals surface area contributed by atoms with Gasteiger partial charge < -0.3 is 15.3 Å². The Kier molecular flexibility index (Phi) is 2.58. The van der Waals surface area contributed by atoms with E-state index in [4.69, 9.17) is 0 Å². The Morgan fingerprint density at radius 1 is 1.46 bits per heavy atom. The van der Waals surface area contributed by atoms with Gasteiger partial charge in [0.1, 0.15) is 0 Å². The van der Waals surface area contributed by atoms with E-state index in [1.807, 2.05) is 0 Å². The highest BCUT2D eigenvalue weighted by Gasteiger charge is 2.46. The second kappa shape index (κ2) is 3.56. The normalized spacial score (nSPS) is 34.2. The summed E-state index contributed by atoms with van der Waals surface area (Å²) in [5.41, 5.74) is 0.319. The molecule has 2 rings (SSSR count). The molecule has 0 aromatic heterocycles. The Morgan fingerprint density at radius 3 is 2.77 bits per heavy atom. The molecule has 2 aliphatic rings. The highest BCUT2D eigenvalue weighted by Crippen LogP contribution is 2.40. The largest absolute Gasteiger partial charge is 0.396 e. The summed E-state index contributed by atoms with van der Waals surface area (Å²) in [7, 11) is 2.21. The number of likely N-dealkylation sites (tertiary alicyclic amines) is 1. The van der Waals surface area contributed by atoms with Gasteiger partial charge in [-0.15, -0.1) is 0 Å². The van der Waals surface area contributed by atoms with Crippen LogP contribution in [0.1, 0.15) is 19.3 Å². The molecular weight excluding hydrogens is 164 g/mol. The minimum Gasteiger partial charge on any atom is -0.396 e. The number of aliphatic hydroxyl groups is 1. The Bertz CT molecular complexity index is 178. The fourth-order valence-corrected chi connectivity index (χ4v) is 3.06. The number of nitrogens with one attached hydrogen (secondary N) is 1. The number of rotatable bonds is 1. The van der Waals surface area contributed by atoms with Crippen LogP contribution in [0.3, 0.4) is 0 Å². The number of nitrogens with zero attached hydrogens (tertiary/aromatic N) is 1. The summed E-state index contributed by atoms with van der Waals surface area (Å²) in [6.07, 6.45) is 3.58. The molecule has 1 atom stereocenters. The molecule has 2 N–H and O–H groups in total. The van der Waals surface area contributed by atoms with E-state index >= 15 is 0 Å². The van der Waals surface area contributed by atoms with Crippen LogP contribution in [0.15, 0.2) is 0 Å². The number of hydrogen-bond acceptors (Lipinski definition) is 3. The maximum Gasteiger partial charge on any atom is 0.0477 e. The zero-order valence-corrected chi connectivity index (χ0v) is 8.42. The van der Waals surface area contributed by atoms with E-state index in [-0.39, 0.29) is 0 Å². The minimum atomic E-state index is 0.319. The molecule has 0 amide bonds. The third kappa shape index (κ3) is 1.39. The van der Waals surface area contributed by atoms with Crippen LogP contribution in [0, 0.1) is 5.92 Å². The lowest BCUT2D eigenvalue weighted by molar-refractivity contribution is 0.0576. The van der Waals surface area contributed by atoms with E-state index in [1.54, 1.807) is 0 Å². The van der Waals surface area contributed by atoms with Gasteiger partial charge in [0.2, 0.25) is 0 Å². The molecule has 2 aliphatic heterocycles. The molecule has 3 heteroatoms. The third-order valence-corrected chi connectivity index (χ3v) is 4.02. The van der Waals surface area contributed by atoms with Crippen molar-refractivity contribution in [3.63, 3.8) is 0 Å². The predicted octanol–water partition coefficient (Wildman–Crippen LogP) is 0.0526. The van der Waals surface area contributed by atoms with Crippen LogP contribution in [0.5, 0.6) is 0 Å². The van der Waals surface area contributed by atoms with Gasteiger partial charge in [-0.05, 0) is 45.9 Å². The van der Waals surface area contributed by atoms with Crippen LogP contribution in [-0.2, 0) is 0 Å². The topological polar surface area (TPSA) is 35.5 Å². The van der Waals surface area contributed by atoms with Crippen molar-refractivity contribution in [1.29, 1.82) is 0 Å². The number of piperidine rings is 1. The maximum absolute atomic E-state index is 9.35. The smallest absolute Gasteiger partial charge is 0.0477 e. The van der Waals surface area contributed by atoms with Gasteiger partial charge in [0.25, 0.3) is 0 Å². The first-order chi connectivity index (χ1) is 6.29. The average Bonchev–Trinajstić information content (AvgIpc) is 2.46. The van der Waals surface area contributed by atoms with Crippen LogP contribution in [0.2, 0.25) is 0 Å². The first kappa shape index (κ1) is 9.44. The Morgan fingerprint density at radius 2 is 2.15 bits per heavy atom. The van der Waals surface area contributed by atoms with Crippen molar-refractivity contribution in [2.45, 2.75) is 24.8 Å². The van der Waals surface area contributed by atoms with Gasteiger partial charge in [0.15, 0.2) is 0 Å². The van der Waals surface area contributed by atoms with Crippen LogP contribution in [0.4, 0.5) is 0 Å². The van der Waals surface area contributed by atoms with Gasteiger partial charge in [-0.25, -0.2) is 0 Å². The fourth-order valence-electron chi connectivity index (χ4n) is 3.06.